The number of thiol groups is 1. The maximum absolute atomic E-state index is 13.0. The maximum atomic E-state index is 13.0. The summed E-state index contributed by atoms with van der Waals surface area (Å²) in [5.74, 6) is 0.853. The maximum Gasteiger partial charge on any atom is 0.328 e. The third-order valence-corrected chi connectivity index (χ3v) is 5.40. The van der Waals surface area contributed by atoms with Gasteiger partial charge in [-0.05, 0) is 48.0 Å². The van der Waals surface area contributed by atoms with E-state index >= 15 is 0 Å². The topological polar surface area (TPSA) is 81.4 Å². The number of amides is 1. The summed E-state index contributed by atoms with van der Waals surface area (Å²) in [6.07, 6.45) is 7.07. The molecule has 0 saturated heterocycles. The Balaban J connectivity index is 3.06. The van der Waals surface area contributed by atoms with Crippen LogP contribution in [-0.4, -0.2) is 48.8 Å². The Kier molecular flexibility index (Phi) is 11.3. The van der Waals surface area contributed by atoms with E-state index < -0.39 is 12.0 Å². The molecule has 0 aromatic heterocycles. The van der Waals surface area contributed by atoms with Gasteiger partial charge < -0.3 is 15.8 Å². The van der Waals surface area contributed by atoms with Gasteiger partial charge in [0.05, 0.1) is 7.11 Å². The Morgan fingerprint density at radius 3 is 2.64 bits per heavy atom. The molecule has 3 N–H and O–H groups in total. The fraction of sp³-hybridized carbons (Fsp3) is 0.524. The Hall–Kier alpha value is -1.44. The van der Waals surface area contributed by atoms with Crippen LogP contribution in [-0.2, 0) is 16.0 Å². The second-order valence-corrected chi connectivity index (χ2v) is 8.24. The van der Waals surface area contributed by atoms with E-state index in [2.05, 4.69) is 17.9 Å². The molecule has 1 aromatic carbocycles. The van der Waals surface area contributed by atoms with Gasteiger partial charge in [-0.3, -0.25) is 4.79 Å². The fourth-order valence-corrected chi connectivity index (χ4v) is 3.33. The SMILES string of the molecule is COC(=O)[C@H](CCSC)NC(=O)c1cc(C/C=C/C(N)CS)ccc1C(C)C. The largest absolute Gasteiger partial charge is 0.467 e. The molecular weight excluding hydrogens is 392 g/mol. The summed E-state index contributed by atoms with van der Waals surface area (Å²) in [7, 11) is 1.34. The van der Waals surface area contributed by atoms with Crippen molar-refractivity contribution in [2.24, 2.45) is 5.73 Å². The van der Waals surface area contributed by atoms with Gasteiger partial charge >= 0.3 is 5.97 Å². The summed E-state index contributed by atoms with van der Waals surface area (Å²) in [5.41, 5.74) is 8.40. The molecule has 0 aliphatic rings. The van der Waals surface area contributed by atoms with Crippen molar-refractivity contribution in [3.8, 4) is 0 Å². The first-order chi connectivity index (χ1) is 13.3. The van der Waals surface area contributed by atoms with E-state index in [9.17, 15) is 9.59 Å². The Morgan fingerprint density at radius 1 is 1.36 bits per heavy atom. The minimum Gasteiger partial charge on any atom is -0.467 e. The summed E-state index contributed by atoms with van der Waals surface area (Å²) >= 11 is 5.79. The van der Waals surface area contributed by atoms with Crippen molar-refractivity contribution < 1.29 is 14.3 Å². The highest BCUT2D eigenvalue weighted by Gasteiger charge is 2.23. The van der Waals surface area contributed by atoms with Crippen LogP contribution in [0.2, 0.25) is 0 Å². The number of benzene rings is 1. The van der Waals surface area contributed by atoms with Gasteiger partial charge in [0.2, 0.25) is 0 Å². The molecule has 1 unspecified atom stereocenters. The monoisotopic (exact) mass is 424 g/mol. The first-order valence-electron chi connectivity index (χ1n) is 9.37. The highest BCUT2D eigenvalue weighted by Crippen LogP contribution is 2.22. The Labute approximate surface area is 178 Å². The molecule has 0 fully saturated rings. The molecule has 0 aliphatic heterocycles. The van der Waals surface area contributed by atoms with E-state index in [1.807, 2.05) is 50.5 Å². The van der Waals surface area contributed by atoms with Crippen molar-refractivity contribution in [1.82, 2.24) is 5.32 Å². The van der Waals surface area contributed by atoms with Crippen molar-refractivity contribution in [3.63, 3.8) is 0 Å². The van der Waals surface area contributed by atoms with E-state index in [0.29, 0.717) is 24.2 Å². The van der Waals surface area contributed by atoms with Gasteiger partial charge in [-0.15, -0.1) is 0 Å². The van der Waals surface area contributed by atoms with Crippen LogP contribution in [0, 0.1) is 0 Å². The molecule has 1 amide bonds. The lowest BCUT2D eigenvalue weighted by Gasteiger charge is -2.19. The lowest BCUT2D eigenvalue weighted by atomic mass is 9.93. The normalized spacial score (nSPS) is 13.5. The predicted octanol–water partition coefficient (Wildman–Crippen LogP) is 3.19. The van der Waals surface area contributed by atoms with Crippen LogP contribution in [0.4, 0.5) is 0 Å². The van der Waals surface area contributed by atoms with Crippen LogP contribution < -0.4 is 11.1 Å². The van der Waals surface area contributed by atoms with Crippen LogP contribution in [0.15, 0.2) is 30.4 Å². The van der Waals surface area contributed by atoms with Crippen molar-refractivity contribution in [2.45, 2.75) is 44.7 Å². The molecule has 7 heteroatoms. The van der Waals surface area contributed by atoms with Gasteiger partial charge in [0.25, 0.3) is 5.91 Å². The molecular formula is C21H32N2O3S2. The molecule has 0 aliphatic carbocycles. The molecule has 0 radical (unpaired) electrons. The highest BCUT2D eigenvalue weighted by molar-refractivity contribution is 7.98. The molecule has 0 heterocycles. The summed E-state index contributed by atoms with van der Waals surface area (Å²) in [6.45, 7) is 4.09. The van der Waals surface area contributed by atoms with Crippen LogP contribution in [0.1, 0.15) is 47.7 Å². The number of nitrogens with one attached hydrogen (secondary N) is 1. The number of hydrogen-bond donors (Lipinski definition) is 3. The van der Waals surface area contributed by atoms with E-state index in [-0.39, 0.29) is 17.9 Å². The van der Waals surface area contributed by atoms with E-state index in [1.54, 1.807) is 11.8 Å². The molecule has 28 heavy (non-hydrogen) atoms. The van der Waals surface area contributed by atoms with Gasteiger partial charge in [0, 0.05) is 17.4 Å². The number of ether oxygens (including phenoxy) is 1. The summed E-state index contributed by atoms with van der Waals surface area (Å²) in [5, 5.41) is 2.85. The van der Waals surface area contributed by atoms with Crippen LogP contribution in [0.25, 0.3) is 0 Å². The smallest absolute Gasteiger partial charge is 0.328 e. The lowest BCUT2D eigenvalue weighted by molar-refractivity contribution is -0.142. The number of nitrogens with two attached hydrogens (primary N) is 1. The van der Waals surface area contributed by atoms with Crippen molar-refractivity contribution >= 4 is 36.3 Å². The lowest BCUT2D eigenvalue weighted by Crippen LogP contribution is -2.42. The number of thioether (sulfide) groups is 1. The third-order valence-electron chi connectivity index (χ3n) is 4.33. The Morgan fingerprint density at radius 2 is 2.07 bits per heavy atom. The van der Waals surface area contributed by atoms with Crippen LogP contribution in [0.5, 0.6) is 0 Å². The summed E-state index contributed by atoms with van der Waals surface area (Å²) in [6, 6.07) is 5.16. The Bertz CT molecular complexity index is 678. The number of carbonyl (C=O) groups is 2. The van der Waals surface area contributed by atoms with Gasteiger partial charge in [0.1, 0.15) is 6.04 Å². The van der Waals surface area contributed by atoms with Crippen LogP contribution >= 0.6 is 24.4 Å². The van der Waals surface area contributed by atoms with Gasteiger partial charge in [-0.1, -0.05) is 38.1 Å². The third kappa shape index (κ3) is 7.89. The number of hydrogen-bond acceptors (Lipinski definition) is 6. The van der Waals surface area contributed by atoms with E-state index in [0.717, 1.165) is 16.9 Å². The predicted molar refractivity (Wildman–Crippen MR) is 121 cm³/mol. The number of carbonyl (C=O) groups excluding carboxylic acids is 2. The first kappa shape index (κ1) is 24.6. The van der Waals surface area contributed by atoms with Crippen molar-refractivity contribution in [1.29, 1.82) is 0 Å². The van der Waals surface area contributed by atoms with Crippen molar-refractivity contribution in [2.75, 3.05) is 24.9 Å². The number of methoxy groups -OCH3 is 1. The van der Waals surface area contributed by atoms with Gasteiger partial charge in [-0.2, -0.15) is 24.4 Å². The number of esters is 1. The van der Waals surface area contributed by atoms with Gasteiger partial charge in [0.15, 0.2) is 0 Å². The minimum absolute atomic E-state index is 0.0849. The fourth-order valence-electron chi connectivity index (χ4n) is 2.73. The molecule has 0 bridgehead atoms. The van der Waals surface area contributed by atoms with Gasteiger partial charge in [-0.25, -0.2) is 4.79 Å². The summed E-state index contributed by atoms with van der Waals surface area (Å²) < 4.78 is 4.84. The molecule has 1 aromatic rings. The molecule has 156 valence electrons. The second kappa shape index (κ2) is 12.9. The molecule has 0 spiro atoms. The quantitative estimate of drug-likeness (QED) is 0.289. The molecule has 1 rings (SSSR count). The average molecular weight is 425 g/mol. The van der Waals surface area contributed by atoms with E-state index in [4.69, 9.17) is 10.5 Å². The molecule has 5 nitrogen and oxygen atoms in total. The second-order valence-electron chi connectivity index (χ2n) is 6.89. The van der Waals surface area contributed by atoms with Crippen LogP contribution in [0.3, 0.4) is 0 Å². The average Bonchev–Trinajstić information content (AvgIpc) is 2.69. The number of rotatable bonds is 11. The summed E-state index contributed by atoms with van der Waals surface area (Å²) in [4.78, 5) is 25.0. The zero-order valence-electron chi connectivity index (χ0n) is 17.1. The molecule has 0 saturated carbocycles. The van der Waals surface area contributed by atoms with E-state index in [1.165, 1.54) is 7.11 Å². The molecule has 2 atom stereocenters. The zero-order chi connectivity index (χ0) is 21.1. The standard InChI is InChI=1S/C21H32N2O3S2/c1-14(2)17-9-8-15(6-5-7-16(22)13-27)12-18(17)20(24)23-19(10-11-28-4)21(25)26-3/h5,7-9,12,14,16,19,27H,6,10-11,13,22H2,1-4H3,(H,23,24)/b7-5+/t16?,19-/m0/s1. The highest BCUT2D eigenvalue weighted by atomic mass is 32.2. The van der Waals surface area contributed by atoms with Crippen molar-refractivity contribution in [3.05, 3.63) is 47.0 Å². The minimum atomic E-state index is -0.651. The number of allylic oxidation sites excluding steroid dienone is 1. The first-order valence-corrected chi connectivity index (χ1v) is 11.4. The zero-order valence-corrected chi connectivity index (χ0v) is 18.8.